The summed E-state index contributed by atoms with van der Waals surface area (Å²) in [4.78, 5) is 13.7. The van der Waals surface area contributed by atoms with Crippen LogP contribution in [-0.2, 0) is 11.0 Å². The van der Waals surface area contributed by atoms with Crippen molar-refractivity contribution < 1.29 is 23.1 Å². The van der Waals surface area contributed by atoms with E-state index in [0.29, 0.717) is 6.54 Å². The summed E-state index contributed by atoms with van der Waals surface area (Å²) in [5, 5.41) is 11.4. The van der Waals surface area contributed by atoms with Crippen LogP contribution >= 0.6 is 11.6 Å². The molecule has 0 aliphatic carbocycles. The van der Waals surface area contributed by atoms with E-state index in [1.165, 1.54) is 6.07 Å². The molecule has 0 saturated carbocycles. The van der Waals surface area contributed by atoms with Gasteiger partial charge in [-0.05, 0) is 37.6 Å². The maximum Gasteiger partial charge on any atom is 0.418 e. The van der Waals surface area contributed by atoms with Crippen LogP contribution in [0.15, 0.2) is 18.2 Å². The summed E-state index contributed by atoms with van der Waals surface area (Å²) in [5.41, 5.74) is -1.30. The molecule has 1 aromatic carbocycles. The predicted molar refractivity (Wildman–Crippen MR) is 76.8 cm³/mol. The van der Waals surface area contributed by atoms with Crippen LogP contribution in [0.5, 0.6) is 0 Å². The minimum absolute atomic E-state index is 0.0504. The molecule has 8 heteroatoms. The highest BCUT2D eigenvalue weighted by atomic mass is 35.5. The van der Waals surface area contributed by atoms with Gasteiger partial charge >= 0.3 is 6.18 Å². The number of anilines is 1. The van der Waals surface area contributed by atoms with Crippen LogP contribution in [-0.4, -0.2) is 41.7 Å². The molecule has 1 heterocycles. The molecule has 0 bridgehead atoms. The Morgan fingerprint density at radius 1 is 1.45 bits per heavy atom. The maximum atomic E-state index is 12.9. The molecular formula is C14H16ClF3N2O2. The lowest BCUT2D eigenvalue weighted by molar-refractivity contribution is -0.137. The maximum absolute atomic E-state index is 12.9. The number of amides is 1. The molecule has 1 aromatic rings. The van der Waals surface area contributed by atoms with Crippen LogP contribution in [0.2, 0.25) is 5.02 Å². The quantitative estimate of drug-likeness (QED) is 0.889. The minimum Gasteiger partial charge on any atom is -0.395 e. The number of likely N-dealkylation sites (tertiary alicyclic amines) is 1. The number of nitrogens with zero attached hydrogens (tertiary/aromatic N) is 1. The number of carbonyl (C=O) groups excluding carboxylic acids is 1. The number of hydrogen-bond acceptors (Lipinski definition) is 3. The van der Waals surface area contributed by atoms with Gasteiger partial charge in [-0.15, -0.1) is 0 Å². The van der Waals surface area contributed by atoms with Gasteiger partial charge in [0.15, 0.2) is 0 Å². The van der Waals surface area contributed by atoms with Gasteiger partial charge in [0.2, 0.25) is 5.91 Å². The number of rotatable bonds is 4. The number of aliphatic hydroxyl groups is 1. The highest BCUT2D eigenvalue weighted by molar-refractivity contribution is 6.30. The standard InChI is InChI=1S/C14H16ClF3N2O2/c15-9-3-4-12(11(6-9)14(16,17)18)19-13(22)7-20-5-1-2-10(20)8-21/h3-4,6,10,21H,1-2,5,7-8H2,(H,19,22)/t10-/m1/s1. The van der Waals surface area contributed by atoms with E-state index in [1.807, 2.05) is 0 Å². The summed E-state index contributed by atoms with van der Waals surface area (Å²) in [7, 11) is 0. The van der Waals surface area contributed by atoms with Gasteiger partial charge in [0.25, 0.3) is 0 Å². The number of benzene rings is 1. The molecule has 2 rings (SSSR count). The Bertz CT molecular complexity index is 551. The van der Waals surface area contributed by atoms with E-state index < -0.39 is 17.6 Å². The molecule has 1 aliphatic heterocycles. The SMILES string of the molecule is O=C(CN1CCC[C@@H]1CO)Nc1ccc(Cl)cc1C(F)(F)F. The fraction of sp³-hybridized carbons (Fsp3) is 0.500. The number of aliphatic hydroxyl groups excluding tert-OH is 1. The van der Waals surface area contributed by atoms with Crippen molar-refractivity contribution >= 4 is 23.2 Å². The zero-order valence-electron chi connectivity index (χ0n) is 11.7. The van der Waals surface area contributed by atoms with Crippen molar-refractivity contribution in [3.63, 3.8) is 0 Å². The highest BCUT2D eigenvalue weighted by Gasteiger charge is 2.34. The lowest BCUT2D eigenvalue weighted by Crippen LogP contribution is -2.38. The van der Waals surface area contributed by atoms with E-state index in [0.717, 1.165) is 25.0 Å². The smallest absolute Gasteiger partial charge is 0.395 e. The number of alkyl halides is 3. The van der Waals surface area contributed by atoms with Crippen molar-refractivity contribution in [2.75, 3.05) is 25.0 Å². The summed E-state index contributed by atoms with van der Waals surface area (Å²) in [6, 6.07) is 3.09. The Balaban J connectivity index is 2.09. The third-order valence-electron chi connectivity index (χ3n) is 3.62. The van der Waals surface area contributed by atoms with E-state index in [9.17, 15) is 23.1 Å². The number of nitrogens with one attached hydrogen (secondary N) is 1. The van der Waals surface area contributed by atoms with Gasteiger partial charge in [0.1, 0.15) is 0 Å². The first kappa shape index (κ1) is 17.1. The van der Waals surface area contributed by atoms with Gasteiger partial charge < -0.3 is 10.4 Å². The molecule has 1 aliphatic rings. The summed E-state index contributed by atoms with van der Waals surface area (Å²) in [5.74, 6) is -0.548. The molecule has 1 atom stereocenters. The average Bonchev–Trinajstić information content (AvgIpc) is 2.86. The topological polar surface area (TPSA) is 52.6 Å². The van der Waals surface area contributed by atoms with E-state index in [4.69, 9.17) is 11.6 Å². The first-order valence-corrected chi connectivity index (χ1v) is 7.20. The second-order valence-electron chi connectivity index (χ2n) is 5.18. The molecule has 1 saturated heterocycles. The Morgan fingerprint density at radius 2 is 2.18 bits per heavy atom. The van der Waals surface area contributed by atoms with Crippen molar-refractivity contribution in [1.29, 1.82) is 0 Å². The highest BCUT2D eigenvalue weighted by Crippen LogP contribution is 2.36. The second-order valence-corrected chi connectivity index (χ2v) is 5.62. The van der Waals surface area contributed by atoms with Gasteiger partial charge in [-0.3, -0.25) is 9.69 Å². The van der Waals surface area contributed by atoms with E-state index in [2.05, 4.69) is 5.32 Å². The summed E-state index contributed by atoms with van der Waals surface area (Å²) >= 11 is 5.59. The van der Waals surface area contributed by atoms with E-state index in [-0.39, 0.29) is 29.9 Å². The Kier molecular flexibility index (Phi) is 5.31. The first-order valence-electron chi connectivity index (χ1n) is 6.83. The van der Waals surface area contributed by atoms with Crippen LogP contribution in [0, 0.1) is 0 Å². The third-order valence-corrected chi connectivity index (χ3v) is 3.85. The molecule has 2 N–H and O–H groups in total. The van der Waals surface area contributed by atoms with Crippen molar-refractivity contribution in [3.8, 4) is 0 Å². The first-order chi connectivity index (χ1) is 10.3. The zero-order chi connectivity index (χ0) is 16.3. The largest absolute Gasteiger partial charge is 0.418 e. The van der Waals surface area contributed by atoms with Gasteiger partial charge in [-0.25, -0.2) is 0 Å². The summed E-state index contributed by atoms with van der Waals surface area (Å²) in [6.07, 6.45) is -2.97. The molecule has 4 nitrogen and oxygen atoms in total. The van der Waals surface area contributed by atoms with Crippen LogP contribution in [0.3, 0.4) is 0 Å². The van der Waals surface area contributed by atoms with Crippen molar-refractivity contribution in [3.05, 3.63) is 28.8 Å². The van der Waals surface area contributed by atoms with Gasteiger partial charge in [-0.1, -0.05) is 11.6 Å². The molecule has 22 heavy (non-hydrogen) atoms. The minimum atomic E-state index is -4.60. The van der Waals surface area contributed by atoms with E-state index >= 15 is 0 Å². The van der Waals surface area contributed by atoms with Crippen LogP contribution in [0.4, 0.5) is 18.9 Å². The van der Waals surface area contributed by atoms with Crippen molar-refractivity contribution in [2.45, 2.75) is 25.1 Å². The van der Waals surface area contributed by atoms with Crippen LogP contribution in [0.25, 0.3) is 0 Å². The normalized spacial score (nSPS) is 19.4. The molecule has 0 aromatic heterocycles. The van der Waals surface area contributed by atoms with Crippen molar-refractivity contribution in [1.82, 2.24) is 4.90 Å². The number of halogens is 4. The molecule has 122 valence electrons. The van der Waals surface area contributed by atoms with Gasteiger partial charge in [-0.2, -0.15) is 13.2 Å². The predicted octanol–water partition coefficient (Wildman–Crippen LogP) is 2.75. The lowest BCUT2D eigenvalue weighted by atomic mass is 10.1. The fourth-order valence-electron chi connectivity index (χ4n) is 2.54. The fourth-order valence-corrected chi connectivity index (χ4v) is 2.72. The Labute approximate surface area is 130 Å². The summed E-state index contributed by atoms with van der Waals surface area (Å²) in [6.45, 7) is 0.526. The molecule has 0 radical (unpaired) electrons. The molecule has 1 fully saturated rings. The second kappa shape index (κ2) is 6.85. The van der Waals surface area contributed by atoms with Gasteiger partial charge in [0, 0.05) is 11.1 Å². The van der Waals surface area contributed by atoms with Crippen molar-refractivity contribution in [2.24, 2.45) is 0 Å². The van der Waals surface area contributed by atoms with E-state index in [1.54, 1.807) is 4.90 Å². The molecular weight excluding hydrogens is 321 g/mol. The summed E-state index contributed by atoms with van der Waals surface area (Å²) < 4.78 is 38.8. The Hall–Kier alpha value is -1.31. The monoisotopic (exact) mass is 336 g/mol. The lowest BCUT2D eigenvalue weighted by Gasteiger charge is -2.22. The Morgan fingerprint density at radius 3 is 2.82 bits per heavy atom. The van der Waals surface area contributed by atoms with Gasteiger partial charge in [0.05, 0.1) is 24.4 Å². The molecule has 0 spiro atoms. The molecule has 0 unspecified atom stereocenters. The zero-order valence-corrected chi connectivity index (χ0v) is 12.4. The third kappa shape index (κ3) is 4.12. The van der Waals surface area contributed by atoms with Crippen LogP contribution in [0.1, 0.15) is 18.4 Å². The molecule has 1 amide bonds. The number of carbonyl (C=O) groups is 1. The number of hydrogen-bond donors (Lipinski definition) is 2. The van der Waals surface area contributed by atoms with Crippen LogP contribution < -0.4 is 5.32 Å². The average molecular weight is 337 g/mol.